The third kappa shape index (κ3) is 2.18. The van der Waals surface area contributed by atoms with Gasteiger partial charge in [0, 0.05) is 0 Å². The van der Waals surface area contributed by atoms with E-state index >= 15 is 0 Å². The quantitative estimate of drug-likeness (QED) is 0.795. The summed E-state index contributed by atoms with van der Waals surface area (Å²) in [5, 5.41) is 4.00. The largest absolute Gasteiger partial charge is 0.338 e. The van der Waals surface area contributed by atoms with Gasteiger partial charge in [-0.25, -0.2) is 0 Å². The lowest BCUT2D eigenvalue weighted by molar-refractivity contribution is 0.175. The van der Waals surface area contributed by atoms with Crippen LogP contribution in [0.15, 0.2) is 4.52 Å². The van der Waals surface area contributed by atoms with E-state index in [0.717, 1.165) is 18.8 Å². The van der Waals surface area contributed by atoms with Gasteiger partial charge in [0.25, 0.3) is 0 Å². The molecule has 15 heavy (non-hydrogen) atoms. The molecule has 1 aliphatic rings. The van der Waals surface area contributed by atoms with Gasteiger partial charge in [-0.1, -0.05) is 11.6 Å². The summed E-state index contributed by atoms with van der Waals surface area (Å²) >= 11 is 0. The Labute approximate surface area is 89.6 Å². The maximum Gasteiger partial charge on any atom is 0.243 e. The topological polar surface area (TPSA) is 68.2 Å². The van der Waals surface area contributed by atoms with E-state index in [1.165, 1.54) is 12.8 Å². The van der Waals surface area contributed by atoms with Crippen LogP contribution in [0.2, 0.25) is 0 Å². The minimum absolute atomic E-state index is 0.180. The molecular weight excluding hydrogens is 192 g/mol. The predicted octanol–water partition coefficient (Wildman–Crippen LogP) is 1.25. The summed E-state index contributed by atoms with van der Waals surface area (Å²) < 4.78 is 5.11. The fourth-order valence-electron chi connectivity index (χ4n) is 1.97. The molecule has 1 saturated heterocycles. The molecule has 0 aliphatic carbocycles. The molecule has 1 aliphatic heterocycles. The van der Waals surface area contributed by atoms with Gasteiger partial charge >= 0.3 is 0 Å². The summed E-state index contributed by atoms with van der Waals surface area (Å²) in [6.45, 7) is 2.95. The van der Waals surface area contributed by atoms with Crippen molar-refractivity contribution in [3.05, 3.63) is 11.7 Å². The minimum Gasteiger partial charge on any atom is -0.338 e. The zero-order chi connectivity index (χ0) is 10.8. The molecule has 2 unspecified atom stereocenters. The monoisotopic (exact) mass is 210 g/mol. The molecule has 5 heteroatoms. The van der Waals surface area contributed by atoms with Crippen molar-refractivity contribution in [3.8, 4) is 0 Å². The van der Waals surface area contributed by atoms with E-state index in [4.69, 9.17) is 10.3 Å². The molecule has 1 fully saturated rings. The molecule has 0 amide bonds. The van der Waals surface area contributed by atoms with E-state index in [-0.39, 0.29) is 6.04 Å². The number of rotatable bonds is 2. The highest BCUT2D eigenvalue weighted by molar-refractivity contribution is 4.97. The molecule has 0 spiro atoms. The highest BCUT2D eigenvalue weighted by Gasteiger charge is 2.25. The smallest absolute Gasteiger partial charge is 0.243 e. The van der Waals surface area contributed by atoms with Crippen LogP contribution in [0.1, 0.15) is 50.0 Å². The van der Waals surface area contributed by atoms with Crippen molar-refractivity contribution in [1.82, 2.24) is 15.0 Å². The first kappa shape index (κ1) is 10.6. The molecule has 0 saturated carbocycles. The average molecular weight is 210 g/mol. The highest BCUT2D eigenvalue weighted by atomic mass is 16.5. The number of hydrogen-bond donors (Lipinski definition) is 1. The Kier molecular flexibility index (Phi) is 3.02. The standard InChI is InChI=1S/C10H18N4O/c1-7(11)10-12-9(13-15-10)8-5-3-4-6-14(8)2/h7-8H,3-6,11H2,1-2H3. The van der Waals surface area contributed by atoms with Crippen molar-refractivity contribution in [2.24, 2.45) is 5.73 Å². The van der Waals surface area contributed by atoms with Gasteiger partial charge in [-0.05, 0) is 33.4 Å². The molecule has 84 valence electrons. The Hall–Kier alpha value is -0.940. The summed E-state index contributed by atoms with van der Waals surface area (Å²) in [5.41, 5.74) is 5.68. The van der Waals surface area contributed by atoms with Gasteiger partial charge in [-0.15, -0.1) is 0 Å². The van der Waals surface area contributed by atoms with Gasteiger partial charge in [0.1, 0.15) is 0 Å². The van der Waals surface area contributed by atoms with Crippen LogP contribution in [0.5, 0.6) is 0 Å². The molecular formula is C10H18N4O. The van der Waals surface area contributed by atoms with Crippen LogP contribution in [-0.4, -0.2) is 28.6 Å². The van der Waals surface area contributed by atoms with Crippen LogP contribution >= 0.6 is 0 Å². The van der Waals surface area contributed by atoms with E-state index in [0.29, 0.717) is 11.9 Å². The molecule has 2 heterocycles. The number of nitrogens with zero attached hydrogens (tertiary/aromatic N) is 3. The molecule has 0 bridgehead atoms. The maximum absolute atomic E-state index is 5.68. The van der Waals surface area contributed by atoms with E-state index in [9.17, 15) is 0 Å². The Morgan fingerprint density at radius 2 is 2.33 bits per heavy atom. The summed E-state index contributed by atoms with van der Waals surface area (Å²) in [6.07, 6.45) is 3.59. The Bertz CT molecular complexity index is 323. The fraction of sp³-hybridized carbons (Fsp3) is 0.800. The lowest BCUT2D eigenvalue weighted by Gasteiger charge is -2.29. The lowest BCUT2D eigenvalue weighted by Crippen LogP contribution is -2.30. The van der Waals surface area contributed by atoms with Crippen LogP contribution in [0.25, 0.3) is 0 Å². The number of nitrogens with two attached hydrogens (primary N) is 1. The molecule has 2 N–H and O–H groups in total. The number of piperidine rings is 1. The second kappa shape index (κ2) is 4.28. The fourth-order valence-corrected chi connectivity index (χ4v) is 1.97. The molecule has 0 radical (unpaired) electrons. The zero-order valence-corrected chi connectivity index (χ0v) is 9.31. The number of aromatic nitrogens is 2. The summed E-state index contributed by atoms with van der Waals surface area (Å²) in [6, 6.07) is 0.121. The molecule has 2 rings (SSSR count). The maximum atomic E-state index is 5.68. The Balaban J connectivity index is 2.13. The number of likely N-dealkylation sites (tertiary alicyclic amines) is 1. The first-order valence-electron chi connectivity index (χ1n) is 5.48. The third-order valence-corrected chi connectivity index (χ3v) is 2.92. The van der Waals surface area contributed by atoms with Crippen molar-refractivity contribution in [3.63, 3.8) is 0 Å². The highest BCUT2D eigenvalue weighted by Crippen LogP contribution is 2.27. The second-order valence-electron chi connectivity index (χ2n) is 4.27. The van der Waals surface area contributed by atoms with Crippen LogP contribution in [0, 0.1) is 0 Å². The molecule has 0 aromatic carbocycles. The van der Waals surface area contributed by atoms with Crippen LogP contribution < -0.4 is 5.73 Å². The molecule has 1 aromatic rings. The van der Waals surface area contributed by atoms with Gasteiger partial charge < -0.3 is 10.3 Å². The Morgan fingerprint density at radius 3 is 2.93 bits per heavy atom. The van der Waals surface area contributed by atoms with Crippen molar-refractivity contribution in [1.29, 1.82) is 0 Å². The molecule has 5 nitrogen and oxygen atoms in total. The molecule has 1 aromatic heterocycles. The third-order valence-electron chi connectivity index (χ3n) is 2.92. The second-order valence-corrected chi connectivity index (χ2v) is 4.27. The van der Waals surface area contributed by atoms with E-state index in [1.54, 1.807) is 0 Å². The van der Waals surface area contributed by atoms with Gasteiger partial charge in [-0.3, -0.25) is 4.90 Å². The van der Waals surface area contributed by atoms with Gasteiger partial charge in [-0.2, -0.15) is 4.98 Å². The minimum atomic E-state index is -0.180. The summed E-state index contributed by atoms with van der Waals surface area (Å²) in [5.74, 6) is 1.31. The van der Waals surface area contributed by atoms with E-state index in [2.05, 4.69) is 22.1 Å². The van der Waals surface area contributed by atoms with Gasteiger partial charge in [0.2, 0.25) is 5.89 Å². The zero-order valence-electron chi connectivity index (χ0n) is 9.31. The lowest BCUT2D eigenvalue weighted by atomic mass is 10.0. The summed E-state index contributed by atoms with van der Waals surface area (Å²) in [4.78, 5) is 6.62. The normalized spacial score (nSPS) is 25.4. The first-order valence-corrected chi connectivity index (χ1v) is 5.48. The summed E-state index contributed by atoms with van der Waals surface area (Å²) in [7, 11) is 2.10. The average Bonchev–Trinajstić information content (AvgIpc) is 2.67. The first-order chi connectivity index (χ1) is 7.18. The van der Waals surface area contributed by atoms with Crippen LogP contribution in [0.4, 0.5) is 0 Å². The van der Waals surface area contributed by atoms with Crippen LogP contribution in [-0.2, 0) is 0 Å². The van der Waals surface area contributed by atoms with E-state index < -0.39 is 0 Å². The van der Waals surface area contributed by atoms with Crippen LogP contribution in [0.3, 0.4) is 0 Å². The van der Waals surface area contributed by atoms with Gasteiger partial charge in [0.05, 0.1) is 12.1 Å². The van der Waals surface area contributed by atoms with Crippen molar-refractivity contribution in [2.45, 2.75) is 38.3 Å². The molecule has 2 atom stereocenters. The van der Waals surface area contributed by atoms with Crippen molar-refractivity contribution < 1.29 is 4.52 Å². The van der Waals surface area contributed by atoms with Crippen molar-refractivity contribution >= 4 is 0 Å². The Morgan fingerprint density at radius 1 is 1.53 bits per heavy atom. The SMILES string of the molecule is CC(N)c1nc(C2CCCCN2C)no1. The van der Waals surface area contributed by atoms with Crippen molar-refractivity contribution in [2.75, 3.05) is 13.6 Å². The van der Waals surface area contributed by atoms with E-state index in [1.807, 2.05) is 6.92 Å². The predicted molar refractivity (Wildman–Crippen MR) is 56.1 cm³/mol. The van der Waals surface area contributed by atoms with Gasteiger partial charge in [0.15, 0.2) is 5.82 Å². The number of hydrogen-bond acceptors (Lipinski definition) is 5.